The lowest BCUT2D eigenvalue weighted by atomic mass is 10.1. The normalized spacial score (nSPS) is 11.3. The van der Waals surface area contributed by atoms with E-state index >= 15 is 0 Å². The van der Waals surface area contributed by atoms with Crippen LogP contribution in [0.15, 0.2) is 46.9 Å². The first-order chi connectivity index (χ1) is 12.5. The van der Waals surface area contributed by atoms with Gasteiger partial charge in [-0.05, 0) is 43.2 Å². The van der Waals surface area contributed by atoms with E-state index in [0.29, 0.717) is 36.5 Å². The molecule has 2 aromatic rings. The first kappa shape index (κ1) is 19.8. The molecule has 0 aliphatic rings. The lowest BCUT2D eigenvalue weighted by Crippen LogP contribution is -2.26. The van der Waals surface area contributed by atoms with Gasteiger partial charge in [0.1, 0.15) is 0 Å². The van der Waals surface area contributed by atoms with Crippen LogP contribution in [0.3, 0.4) is 0 Å². The van der Waals surface area contributed by atoms with Crippen LogP contribution in [0.1, 0.15) is 36.9 Å². The molecule has 2 rings (SSSR count). The molecule has 1 atom stereocenters. The summed E-state index contributed by atoms with van der Waals surface area (Å²) in [4.78, 5) is 12.1. The predicted molar refractivity (Wildman–Crippen MR) is 103 cm³/mol. The zero-order valence-electron chi connectivity index (χ0n) is 14.8. The molecule has 136 valence electrons. The predicted octanol–water partition coefficient (Wildman–Crippen LogP) is 4.37. The zero-order chi connectivity index (χ0) is 18.9. The van der Waals surface area contributed by atoms with Gasteiger partial charge in [-0.15, -0.1) is 0 Å². The van der Waals surface area contributed by atoms with Crippen molar-refractivity contribution in [3.63, 3.8) is 0 Å². The Bertz CT molecular complexity index is 802. The van der Waals surface area contributed by atoms with Crippen molar-refractivity contribution in [2.24, 2.45) is 0 Å². The van der Waals surface area contributed by atoms with Crippen LogP contribution in [-0.4, -0.2) is 19.6 Å². The lowest BCUT2D eigenvalue weighted by Gasteiger charge is -2.15. The molecule has 26 heavy (non-hydrogen) atoms. The van der Waals surface area contributed by atoms with E-state index in [1.807, 2.05) is 31.2 Å². The van der Waals surface area contributed by atoms with Gasteiger partial charge in [-0.1, -0.05) is 28.1 Å². The summed E-state index contributed by atoms with van der Waals surface area (Å²) in [6.45, 7) is 2.35. The van der Waals surface area contributed by atoms with E-state index in [9.17, 15) is 4.79 Å². The number of hydrogen-bond acceptors (Lipinski definition) is 4. The molecule has 0 saturated heterocycles. The third-order valence-corrected chi connectivity index (χ3v) is 4.32. The number of halogens is 1. The van der Waals surface area contributed by atoms with Crippen molar-refractivity contribution in [1.82, 2.24) is 5.32 Å². The number of benzene rings is 2. The number of rotatable bonds is 8. The van der Waals surface area contributed by atoms with Gasteiger partial charge in [0.15, 0.2) is 11.5 Å². The topological polar surface area (TPSA) is 71.3 Å². The van der Waals surface area contributed by atoms with Crippen molar-refractivity contribution in [1.29, 1.82) is 5.26 Å². The van der Waals surface area contributed by atoms with Crippen LogP contribution in [0.2, 0.25) is 0 Å². The second-order valence-electron chi connectivity index (χ2n) is 5.77. The van der Waals surface area contributed by atoms with E-state index in [1.54, 1.807) is 18.2 Å². The summed E-state index contributed by atoms with van der Waals surface area (Å²) in [6.07, 6.45) is 0.955. The number of amides is 1. The highest BCUT2D eigenvalue weighted by Gasteiger charge is 2.10. The molecular weight excluding hydrogens is 396 g/mol. The molecule has 0 bridgehead atoms. The molecule has 0 saturated carbocycles. The Balaban J connectivity index is 1.77. The van der Waals surface area contributed by atoms with E-state index < -0.39 is 0 Å². The van der Waals surface area contributed by atoms with Crippen LogP contribution in [0, 0.1) is 11.3 Å². The molecule has 0 spiro atoms. The van der Waals surface area contributed by atoms with Crippen LogP contribution in [0.25, 0.3) is 0 Å². The standard InChI is InChI=1S/C20H21BrN2O3/c1-14(16-5-3-6-17(21)12-16)23-20(24)7-4-10-26-18-9-8-15(13-22)11-19(18)25-2/h3,5-6,8-9,11-12,14H,4,7,10H2,1-2H3,(H,23,24). The van der Waals surface area contributed by atoms with Crippen molar-refractivity contribution >= 4 is 21.8 Å². The summed E-state index contributed by atoms with van der Waals surface area (Å²) in [5.74, 6) is 1.05. The van der Waals surface area contributed by atoms with Crippen molar-refractivity contribution < 1.29 is 14.3 Å². The van der Waals surface area contributed by atoms with Gasteiger partial charge in [0.2, 0.25) is 5.91 Å². The molecule has 1 amide bonds. The third kappa shape index (κ3) is 5.78. The monoisotopic (exact) mass is 416 g/mol. The van der Waals surface area contributed by atoms with Crippen LogP contribution >= 0.6 is 15.9 Å². The first-order valence-electron chi connectivity index (χ1n) is 8.29. The minimum absolute atomic E-state index is 0.0205. The Kier molecular flexibility index (Phi) is 7.49. The number of hydrogen-bond donors (Lipinski definition) is 1. The van der Waals surface area contributed by atoms with E-state index in [1.165, 1.54) is 7.11 Å². The zero-order valence-corrected chi connectivity index (χ0v) is 16.4. The second-order valence-corrected chi connectivity index (χ2v) is 6.69. The fraction of sp³-hybridized carbons (Fsp3) is 0.300. The van der Waals surface area contributed by atoms with Gasteiger partial charge < -0.3 is 14.8 Å². The lowest BCUT2D eigenvalue weighted by molar-refractivity contribution is -0.121. The number of carbonyl (C=O) groups is 1. The van der Waals surface area contributed by atoms with Crippen LogP contribution < -0.4 is 14.8 Å². The van der Waals surface area contributed by atoms with Gasteiger partial charge >= 0.3 is 0 Å². The van der Waals surface area contributed by atoms with Gasteiger partial charge in [-0.25, -0.2) is 0 Å². The number of methoxy groups -OCH3 is 1. The van der Waals surface area contributed by atoms with Crippen molar-refractivity contribution in [2.45, 2.75) is 25.8 Å². The minimum Gasteiger partial charge on any atom is -0.493 e. The summed E-state index contributed by atoms with van der Waals surface area (Å²) in [5.41, 5.74) is 1.56. The first-order valence-corrected chi connectivity index (χ1v) is 9.08. The highest BCUT2D eigenvalue weighted by molar-refractivity contribution is 9.10. The van der Waals surface area contributed by atoms with E-state index in [-0.39, 0.29) is 11.9 Å². The maximum atomic E-state index is 12.1. The molecule has 0 radical (unpaired) electrons. The van der Waals surface area contributed by atoms with Gasteiger partial charge in [0.05, 0.1) is 31.4 Å². The fourth-order valence-corrected chi connectivity index (χ4v) is 2.86. The summed E-state index contributed by atoms with van der Waals surface area (Å²) in [5, 5.41) is 11.9. The number of nitriles is 1. The number of nitrogens with zero attached hydrogens (tertiary/aromatic N) is 1. The number of nitrogens with one attached hydrogen (secondary N) is 1. The Morgan fingerprint density at radius 2 is 2.08 bits per heavy atom. The van der Waals surface area contributed by atoms with Gasteiger partial charge in [-0.2, -0.15) is 5.26 Å². The summed E-state index contributed by atoms with van der Waals surface area (Å²) < 4.78 is 11.9. The van der Waals surface area contributed by atoms with Gasteiger partial charge in [-0.3, -0.25) is 4.79 Å². The van der Waals surface area contributed by atoms with Crippen LogP contribution in [-0.2, 0) is 4.79 Å². The molecule has 2 aromatic carbocycles. The summed E-state index contributed by atoms with van der Waals surface area (Å²) >= 11 is 3.43. The summed E-state index contributed by atoms with van der Waals surface area (Å²) in [6, 6.07) is 14.9. The molecule has 6 heteroatoms. The molecule has 1 unspecified atom stereocenters. The van der Waals surface area contributed by atoms with Gasteiger partial charge in [0.25, 0.3) is 0 Å². The van der Waals surface area contributed by atoms with Crippen LogP contribution in [0.4, 0.5) is 0 Å². The molecule has 1 N–H and O–H groups in total. The average molecular weight is 417 g/mol. The molecule has 0 aliphatic carbocycles. The molecule has 0 heterocycles. The third-order valence-electron chi connectivity index (χ3n) is 3.82. The second kappa shape index (κ2) is 9.83. The molecule has 0 aliphatic heterocycles. The smallest absolute Gasteiger partial charge is 0.220 e. The minimum atomic E-state index is -0.0560. The molecule has 5 nitrogen and oxygen atoms in total. The van der Waals surface area contributed by atoms with Gasteiger partial charge in [0, 0.05) is 17.0 Å². The highest BCUT2D eigenvalue weighted by atomic mass is 79.9. The largest absolute Gasteiger partial charge is 0.493 e. The molecule has 0 aromatic heterocycles. The Morgan fingerprint density at radius 3 is 2.77 bits per heavy atom. The Morgan fingerprint density at radius 1 is 1.27 bits per heavy atom. The van der Waals surface area contributed by atoms with Crippen LogP contribution in [0.5, 0.6) is 11.5 Å². The maximum Gasteiger partial charge on any atom is 0.220 e. The average Bonchev–Trinajstić information content (AvgIpc) is 2.65. The maximum absolute atomic E-state index is 12.1. The SMILES string of the molecule is COc1cc(C#N)ccc1OCCCC(=O)NC(C)c1cccc(Br)c1. The van der Waals surface area contributed by atoms with E-state index in [2.05, 4.69) is 27.3 Å². The van der Waals surface area contributed by atoms with E-state index in [0.717, 1.165) is 10.0 Å². The Labute approximate surface area is 162 Å². The number of ether oxygens (including phenoxy) is 2. The van der Waals surface area contributed by atoms with Crippen molar-refractivity contribution in [2.75, 3.05) is 13.7 Å². The fourth-order valence-electron chi connectivity index (χ4n) is 2.44. The Hall–Kier alpha value is -2.52. The quantitative estimate of drug-likeness (QED) is 0.648. The highest BCUT2D eigenvalue weighted by Crippen LogP contribution is 2.28. The molecular formula is C20H21BrN2O3. The van der Waals surface area contributed by atoms with Crippen molar-refractivity contribution in [3.8, 4) is 17.6 Å². The molecule has 0 fully saturated rings. The summed E-state index contributed by atoms with van der Waals surface area (Å²) in [7, 11) is 1.53. The van der Waals surface area contributed by atoms with E-state index in [4.69, 9.17) is 14.7 Å². The van der Waals surface area contributed by atoms with Crippen molar-refractivity contribution in [3.05, 3.63) is 58.1 Å². The number of carbonyl (C=O) groups excluding carboxylic acids is 1.